The van der Waals surface area contributed by atoms with Crippen LogP contribution in [-0.4, -0.2) is 27.7 Å². The lowest BCUT2D eigenvalue weighted by atomic mass is 9.64. The van der Waals surface area contributed by atoms with Crippen molar-refractivity contribution in [2.24, 2.45) is 5.41 Å². The fourth-order valence-electron chi connectivity index (χ4n) is 3.27. The standard InChI is InChI=1S/C15H19Cl2N3O/c1-8(16)13-19-10-5-9(17)7-18-14(10)20(13)11-6-12(21-4)15(11,2)3/h5,7-8,11-12H,6H2,1-4H3. The Labute approximate surface area is 134 Å². The van der Waals surface area contributed by atoms with Crippen LogP contribution in [0.5, 0.6) is 0 Å². The van der Waals surface area contributed by atoms with Crippen LogP contribution in [0.15, 0.2) is 12.3 Å². The van der Waals surface area contributed by atoms with Gasteiger partial charge in [0.25, 0.3) is 0 Å². The molecule has 2 aromatic heterocycles. The first-order chi connectivity index (χ1) is 9.86. The average Bonchev–Trinajstić information content (AvgIpc) is 2.76. The SMILES string of the molecule is COC1CC(n2c(C(C)Cl)nc3cc(Cl)cnc32)C1(C)C. The lowest BCUT2D eigenvalue weighted by molar-refractivity contribution is -0.112. The van der Waals surface area contributed by atoms with Gasteiger partial charge in [-0.3, -0.25) is 0 Å². The second-order valence-corrected chi connectivity index (χ2v) is 7.34. The Kier molecular flexibility index (Phi) is 3.67. The Bertz CT molecular complexity index is 681. The van der Waals surface area contributed by atoms with Crippen LogP contribution in [0, 0.1) is 5.41 Å². The molecule has 114 valence electrons. The topological polar surface area (TPSA) is 39.9 Å². The van der Waals surface area contributed by atoms with Gasteiger partial charge in [-0.25, -0.2) is 9.97 Å². The molecule has 3 atom stereocenters. The molecule has 1 fully saturated rings. The van der Waals surface area contributed by atoms with Crippen LogP contribution in [0.2, 0.25) is 5.02 Å². The number of alkyl halides is 1. The number of nitrogens with zero attached hydrogens (tertiary/aromatic N) is 3. The van der Waals surface area contributed by atoms with Gasteiger partial charge in [-0.15, -0.1) is 11.6 Å². The van der Waals surface area contributed by atoms with Crippen molar-refractivity contribution in [2.45, 2.75) is 44.7 Å². The van der Waals surface area contributed by atoms with E-state index in [1.165, 1.54) is 0 Å². The van der Waals surface area contributed by atoms with Gasteiger partial charge in [-0.05, 0) is 19.4 Å². The summed E-state index contributed by atoms with van der Waals surface area (Å²) in [6.07, 6.45) is 2.84. The van der Waals surface area contributed by atoms with Crippen LogP contribution in [0.25, 0.3) is 11.2 Å². The summed E-state index contributed by atoms with van der Waals surface area (Å²) in [6.45, 7) is 6.35. The molecule has 0 radical (unpaired) electrons. The summed E-state index contributed by atoms with van der Waals surface area (Å²) in [5.74, 6) is 0.842. The van der Waals surface area contributed by atoms with E-state index in [2.05, 4.69) is 28.4 Å². The summed E-state index contributed by atoms with van der Waals surface area (Å²) in [5.41, 5.74) is 1.65. The molecule has 2 aromatic rings. The Balaban J connectivity index is 2.15. The summed E-state index contributed by atoms with van der Waals surface area (Å²) in [4.78, 5) is 9.11. The molecule has 0 saturated heterocycles. The maximum atomic E-state index is 6.33. The van der Waals surface area contributed by atoms with Crippen LogP contribution >= 0.6 is 23.2 Å². The fourth-order valence-corrected chi connectivity index (χ4v) is 3.57. The smallest absolute Gasteiger partial charge is 0.160 e. The van der Waals surface area contributed by atoms with Crippen LogP contribution < -0.4 is 0 Å². The number of methoxy groups -OCH3 is 1. The summed E-state index contributed by atoms with van der Waals surface area (Å²) in [5, 5.41) is 0.402. The molecule has 3 rings (SSSR count). The number of ether oxygens (including phenoxy) is 1. The fraction of sp³-hybridized carbons (Fsp3) is 0.600. The zero-order valence-corrected chi connectivity index (χ0v) is 14.1. The predicted molar refractivity (Wildman–Crippen MR) is 85.0 cm³/mol. The normalized spacial score (nSPS) is 25.8. The van der Waals surface area contributed by atoms with E-state index in [9.17, 15) is 0 Å². The van der Waals surface area contributed by atoms with Crippen molar-refractivity contribution >= 4 is 34.4 Å². The van der Waals surface area contributed by atoms with Crippen molar-refractivity contribution < 1.29 is 4.74 Å². The predicted octanol–water partition coefficient (Wildman–Crippen LogP) is 4.37. The molecular formula is C15H19Cl2N3O. The minimum Gasteiger partial charge on any atom is -0.381 e. The van der Waals surface area contributed by atoms with Crippen molar-refractivity contribution in [3.05, 3.63) is 23.1 Å². The van der Waals surface area contributed by atoms with E-state index in [0.717, 1.165) is 23.4 Å². The van der Waals surface area contributed by atoms with E-state index in [4.69, 9.17) is 27.9 Å². The molecule has 1 saturated carbocycles. The summed E-state index contributed by atoms with van der Waals surface area (Å²) < 4.78 is 7.72. The van der Waals surface area contributed by atoms with Gasteiger partial charge in [0.1, 0.15) is 11.3 Å². The van der Waals surface area contributed by atoms with E-state index in [1.807, 2.05) is 13.0 Å². The zero-order chi connectivity index (χ0) is 15.4. The molecule has 6 heteroatoms. The second-order valence-electron chi connectivity index (χ2n) is 6.25. The Morgan fingerprint density at radius 1 is 1.48 bits per heavy atom. The van der Waals surface area contributed by atoms with E-state index >= 15 is 0 Å². The van der Waals surface area contributed by atoms with Crippen LogP contribution in [0.1, 0.15) is 44.4 Å². The quantitative estimate of drug-likeness (QED) is 0.786. The third kappa shape index (κ3) is 2.24. The highest BCUT2D eigenvalue weighted by atomic mass is 35.5. The lowest BCUT2D eigenvalue weighted by Gasteiger charge is -2.52. The Morgan fingerprint density at radius 2 is 2.19 bits per heavy atom. The third-order valence-corrected chi connectivity index (χ3v) is 5.00. The summed E-state index contributed by atoms with van der Waals surface area (Å²) >= 11 is 12.4. The Hall–Kier alpha value is -0.840. The van der Waals surface area contributed by atoms with E-state index < -0.39 is 0 Å². The average molecular weight is 328 g/mol. The molecule has 3 unspecified atom stereocenters. The highest BCUT2D eigenvalue weighted by Gasteiger charge is 2.51. The lowest BCUT2D eigenvalue weighted by Crippen LogP contribution is -2.51. The molecule has 4 nitrogen and oxygen atoms in total. The van der Waals surface area contributed by atoms with Crippen LogP contribution in [-0.2, 0) is 4.74 Å². The zero-order valence-electron chi connectivity index (χ0n) is 12.6. The molecule has 0 amide bonds. The molecule has 1 aliphatic rings. The monoisotopic (exact) mass is 327 g/mol. The van der Waals surface area contributed by atoms with Gasteiger partial charge in [-0.1, -0.05) is 25.4 Å². The van der Waals surface area contributed by atoms with E-state index in [1.54, 1.807) is 13.3 Å². The molecule has 0 bridgehead atoms. The molecule has 0 aliphatic heterocycles. The van der Waals surface area contributed by atoms with Gasteiger partial charge in [0, 0.05) is 24.8 Å². The number of halogens is 2. The first-order valence-electron chi connectivity index (χ1n) is 7.06. The first-order valence-corrected chi connectivity index (χ1v) is 7.88. The number of fused-ring (bicyclic) bond motifs is 1. The number of rotatable bonds is 3. The highest BCUT2D eigenvalue weighted by Crippen LogP contribution is 2.52. The Morgan fingerprint density at radius 3 is 2.76 bits per heavy atom. The van der Waals surface area contributed by atoms with Crippen molar-refractivity contribution in [3.8, 4) is 0 Å². The second kappa shape index (κ2) is 5.11. The minimum atomic E-state index is -0.185. The first kappa shape index (κ1) is 15.1. The van der Waals surface area contributed by atoms with Crippen molar-refractivity contribution in [3.63, 3.8) is 0 Å². The minimum absolute atomic E-state index is 0.0181. The largest absolute Gasteiger partial charge is 0.381 e. The maximum Gasteiger partial charge on any atom is 0.160 e. The van der Waals surface area contributed by atoms with E-state index in [-0.39, 0.29) is 22.9 Å². The third-order valence-electron chi connectivity index (χ3n) is 4.60. The number of pyridine rings is 1. The van der Waals surface area contributed by atoms with Crippen molar-refractivity contribution in [2.75, 3.05) is 7.11 Å². The van der Waals surface area contributed by atoms with Gasteiger partial charge in [0.15, 0.2) is 5.65 Å². The highest BCUT2D eigenvalue weighted by molar-refractivity contribution is 6.31. The van der Waals surface area contributed by atoms with Gasteiger partial charge < -0.3 is 9.30 Å². The number of hydrogen-bond acceptors (Lipinski definition) is 3. The van der Waals surface area contributed by atoms with Gasteiger partial charge in [-0.2, -0.15) is 0 Å². The van der Waals surface area contributed by atoms with Crippen molar-refractivity contribution in [1.29, 1.82) is 0 Å². The van der Waals surface area contributed by atoms with Crippen LogP contribution in [0.4, 0.5) is 0 Å². The molecule has 0 N–H and O–H groups in total. The maximum absolute atomic E-state index is 6.33. The molecule has 0 aromatic carbocycles. The van der Waals surface area contributed by atoms with Gasteiger partial charge in [0.2, 0.25) is 0 Å². The van der Waals surface area contributed by atoms with Crippen LogP contribution in [0.3, 0.4) is 0 Å². The summed E-state index contributed by atoms with van der Waals surface area (Å²) in [7, 11) is 1.76. The molecule has 2 heterocycles. The number of imidazole rings is 1. The molecular weight excluding hydrogens is 309 g/mol. The van der Waals surface area contributed by atoms with Gasteiger partial charge >= 0.3 is 0 Å². The number of hydrogen-bond donors (Lipinski definition) is 0. The molecule has 21 heavy (non-hydrogen) atoms. The van der Waals surface area contributed by atoms with E-state index in [0.29, 0.717) is 5.02 Å². The summed E-state index contributed by atoms with van der Waals surface area (Å²) in [6, 6.07) is 2.11. The molecule has 0 spiro atoms. The number of aromatic nitrogens is 3. The molecule has 1 aliphatic carbocycles. The van der Waals surface area contributed by atoms with Gasteiger partial charge in [0.05, 0.1) is 16.5 Å². The van der Waals surface area contributed by atoms with Crippen molar-refractivity contribution in [1.82, 2.24) is 14.5 Å².